The maximum absolute atomic E-state index is 12.7. The van der Waals surface area contributed by atoms with Crippen molar-refractivity contribution in [1.82, 2.24) is 14.9 Å². The van der Waals surface area contributed by atoms with Gasteiger partial charge in [0.2, 0.25) is 0 Å². The molecule has 6 N–H and O–H groups in total. The van der Waals surface area contributed by atoms with E-state index in [2.05, 4.69) is 15.6 Å². The van der Waals surface area contributed by atoms with Crippen LogP contribution in [0.25, 0.3) is 0 Å². The number of hydrogen-bond acceptors (Lipinski definition) is 7. The minimum absolute atomic E-state index is 0.0951. The molecule has 0 radical (unpaired) electrons. The zero-order chi connectivity index (χ0) is 22.0. The minimum atomic E-state index is -0.611. The van der Waals surface area contributed by atoms with Crippen molar-refractivity contribution in [3.63, 3.8) is 0 Å². The Labute approximate surface area is 179 Å². The Morgan fingerprint density at radius 1 is 1.35 bits per heavy atom. The quantitative estimate of drug-likeness (QED) is 0.440. The molecule has 10 heteroatoms. The standard InChI is InChI=1S/C21H28N6O4/c1-12(22)13-5-7-14(8-6-13)27-11-17-19(26-21(27)29)25-18-15(3-2-4-16(18)31-17)30-10-9-24-20(23)28/h2-4,11-14H,5-10,22H2,1H3,(H3,23,24,28)(H,25,26,29)/t12?,13-,14-. The molecule has 1 atom stereocenters. The molecule has 31 heavy (non-hydrogen) atoms. The molecule has 1 unspecified atom stereocenters. The molecule has 1 fully saturated rings. The summed E-state index contributed by atoms with van der Waals surface area (Å²) >= 11 is 0. The topological polar surface area (TPSA) is 147 Å². The Morgan fingerprint density at radius 2 is 2.13 bits per heavy atom. The van der Waals surface area contributed by atoms with Crippen LogP contribution < -0.4 is 37.3 Å². The van der Waals surface area contributed by atoms with Gasteiger partial charge in [0.05, 0.1) is 12.7 Å². The van der Waals surface area contributed by atoms with Crippen LogP contribution in [0.1, 0.15) is 38.6 Å². The van der Waals surface area contributed by atoms with Crippen molar-refractivity contribution in [2.24, 2.45) is 17.4 Å². The molecule has 10 nitrogen and oxygen atoms in total. The summed E-state index contributed by atoms with van der Waals surface area (Å²) in [7, 11) is 0. The molecule has 1 aromatic heterocycles. The number of ether oxygens (including phenoxy) is 2. The molecule has 2 amide bonds. The van der Waals surface area contributed by atoms with Crippen molar-refractivity contribution in [2.45, 2.75) is 44.7 Å². The van der Waals surface area contributed by atoms with E-state index in [0.29, 0.717) is 34.7 Å². The van der Waals surface area contributed by atoms with Gasteiger partial charge in [-0.2, -0.15) is 4.98 Å². The fourth-order valence-corrected chi connectivity index (χ4v) is 4.19. The Kier molecular flexibility index (Phi) is 5.99. The summed E-state index contributed by atoms with van der Waals surface area (Å²) in [4.78, 5) is 27.7. The number of carbonyl (C=O) groups is 1. The van der Waals surface area contributed by atoms with E-state index in [4.69, 9.17) is 20.9 Å². The van der Waals surface area contributed by atoms with Gasteiger partial charge in [0.25, 0.3) is 0 Å². The smallest absolute Gasteiger partial charge is 0.350 e. The van der Waals surface area contributed by atoms with Gasteiger partial charge in [-0.3, -0.25) is 4.57 Å². The van der Waals surface area contributed by atoms with Crippen LogP contribution >= 0.6 is 0 Å². The van der Waals surface area contributed by atoms with E-state index in [1.54, 1.807) is 22.9 Å². The van der Waals surface area contributed by atoms with E-state index >= 15 is 0 Å². The molecule has 1 saturated carbocycles. The highest BCUT2D eigenvalue weighted by molar-refractivity contribution is 5.77. The summed E-state index contributed by atoms with van der Waals surface area (Å²) in [5, 5.41) is 5.61. The van der Waals surface area contributed by atoms with Crippen LogP contribution in [0, 0.1) is 5.92 Å². The zero-order valence-electron chi connectivity index (χ0n) is 17.5. The summed E-state index contributed by atoms with van der Waals surface area (Å²) in [6.07, 6.45) is 5.53. The number of nitrogens with one attached hydrogen (secondary N) is 2. The summed E-state index contributed by atoms with van der Waals surface area (Å²) in [6.45, 7) is 2.54. The highest BCUT2D eigenvalue weighted by Crippen LogP contribution is 2.45. The van der Waals surface area contributed by atoms with Crippen molar-refractivity contribution >= 4 is 17.5 Å². The number of para-hydroxylation sites is 1. The van der Waals surface area contributed by atoms with E-state index in [-0.39, 0.29) is 30.9 Å². The predicted octanol–water partition coefficient (Wildman–Crippen LogP) is 2.22. The SMILES string of the molecule is CC(N)[C@H]1CC[C@H](n2cc3c(nc2=O)Nc2c(OCCNC(N)=O)cccc2O3)CC1. The van der Waals surface area contributed by atoms with Gasteiger partial charge in [0, 0.05) is 12.1 Å². The number of rotatable bonds is 6. The Balaban J connectivity index is 1.50. The van der Waals surface area contributed by atoms with Crippen LogP contribution in [0.4, 0.5) is 16.3 Å². The largest absolute Gasteiger partial charge is 0.489 e. The second kappa shape index (κ2) is 8.84. The summed E-state index contributed by atoms with van der Waals surface area (Å²) < 4.78 is 13.4. The predicted molar refractivity (Wildman–Crippen MR) is 116 cm³/mol. The third-order valence-corrected chi connectivity index (χ3v) is 5.91. The molecule has 0 spiro atoms. The van der Waals surface area contributed by atoms with Gasteiger partial charge in [-0.1, -0.05) is 6.07 Å². The Bertz CT molecular complexity index is 1010. The van der Waals surface area contributed by atoms with Crippen LogP contribution in [0.5, 0.6) is 17.2 Å². The lowest BCUT2D eigenvalue weighted by Gasteiger charge is -2.32. The second-order valence-corrected chi connectivity index (χ2v) is 8.07. The van der Waals surface area contributed by atoms with Crippen molar-refractivity contribution in [3.05, 3.63) is 34.9 Å². The Morgan fingerprint density at radius 3 is 2.84 bits per heavy atom. The molecule has 4 rings (SSSR count). The summed E-state index contributed by atoms with van der Waals surface area (Å²) in [6, 6.07) is 5.04. The third-order valence-electron chi connectivity index (χ3n) is 5.91. The first kappa shape index (κ1) is 21.0. The van der Waals surface area contributed by atoms with E-state index < -0.39 is 6.03 Å². The maximum Gasteiger partial charge on any atom is 0.350 e. The summed E-state index contributed by atoms with van der Waals surface area (Å²) in [5.74, 6) is 2.44. The van der Waals surface area contributed by atoms with Gasteiger partial charge in [0.15, 0.2) is 17.3 Å². The monoisotopic (exact) mass is 428 g/mol. The lowest BCUT2D eigenvalue weighted by molar-refractivity contribution is 0.244. The first-order valence-corrected chi connectivity index (χ1v) is 10.5. The van der Waals surface area contributed by atoms with Crippen molar-refractivity contribution in [2.75, 3.05) is 18.5 Å². The van der Waals surface area contributed by atoms with E-state index in [1.165, 1.54) is 0 Å². The van der Waals surface area contributed by atoms with Gasteiger partial charge < -0.3 is 31.6 Å². The molecule has 0 saturated heterocycles. The molecule has 1 aromatic carbocycles. The number of fused-ring (bicyclic) bond motifs is 2. The molecule has 1 aliphatic heterocycles. The average molecular weight is 428 g/mol. The van der Waals surface area contributed by atoms with Crippen LogP contribution in [0.3, 0.4) is 0 Å². The molecule has 1 aliphatic carbocycles. The van der Waals surface area contributed by atoms with Crippen LogP contribution in [0.2, 0.25) is 0 Å². The van der Waals surface area contributed by atoms with Gasteiger partial charge >= 0.3 is 11.7 Å². The van der Waals surface area contributed by atoms with Crippen molar-refractivity contribution in [3.8, 4) is 17.2 Å². The van der Waals surface area contributed by atoms with Crippen LogP contribution in [-0.2, 0) is 0 Å². The van der Waals surface area contributed by atoms with Crippen LogP contribution in [-0.4, -0.2) is 34.8 Å². The van der Waals surface area contributed by atoms with E-state index in [9.17, 15) is 9.59 Å². The number of aromatic nitrogens is 2. The van der Waals surface area contributed by atoms with Gasteiger partial charge in [-0.05, 0) is 50.7 Å². The highest BCUT2D eigenvalue weighted by Gasteiger charge is 2.28. The van der Waals surface area contributed by atoms with E-state index in [0.717, 1.165) is 25.7 Å². The Hall–Kier alpha value is -3.27. The number of anilines is 2. The number of nitrogens with zero attached hydrogens (tertiary/aromatic N) is 2. The second-order valence-electron chi connectivity index (χ2n) is 8.07. The lowest BCUT2D eigenvalue weighted by Crippen LogP contribution is -2.34. The first-order valence-electron chi connectivity index (χ1n) is 10.5. The maximum atomic E-state index is 12.7. The van der Waals surface area contributed by atoms with E-state index in [1.807, 2.05) is 13.0 Å². The van der Waals surface area contributed by atoms with Gasteiger partial charge in [0.1, 0.15) is 18.0 Å². The molecular formula is C21H28N6O4. The van der Waals surface area contributed by atoms with Gasteiger partial charge in [-0.25, -0.2) is 9.59 Å². The lowest BCUT2D eigenvalue weighted by atomic mass is 9.82. The highest BCUT2D eigenvalue weighted by atomic mass is 16.5. The number of nitrogens with two attached hydrogens (primary N) is 2. The van der Waals surface area contributed by atoms with Crippen LogP contribution in [0.15, 0.2) is 29.2 Å². The number of benzene rings is 1. The molecule has 2 aliphatic rings. The molecule has 166 valence electrons. The summed E-state index contributed by atoms with van der Waals surface area (Å²) in [5.41, 5.74) is 11.4. The fourth-order valence-electron chi connectivity index (χ4n) is 4.19. The molecule has 2 heterocycles. The number of hydrogen-bond donors (Lipinski definition) is 4. The molecule has 0 bridgehead atoms. The minimum Gasteiger partial charge on any atom is -0.489 e. The van der Waals surface area contributed by atoms with Gasteiger partial charge in [-0.15, -0.1) is 0 Å². The number of carbonyl (C=O) groups excluding carboxylic acids is 1. The number of primary amides is 1. The van der Waals surface area contributed by atoms with Crippen molar-refractivity contribution < 1.29 is 14.3 Å². The zero-order valence-corrected chi connectivity index (χ0v) is 17.5. The fraction of sp³-hybridized carbons (Fsp3) is 0.476. The molecule has 2 aromatic rings. The molecular weight excluding hydrogens is 400 g/mol. The number of urea groups is 1. The number of amides is 2. The normalized spacial score (nSPS) is 20.5. The average Bonchev–Trinajstić information content (AvgIpc) is 2.75. The first-order chi connectivity index (χ1) is 14.9. The van der Waals surface area contributed by atoms with Crippen molar-refractivity contribution in [1.29, 1.82) is 0 Å². The third kappa shape index (κ3) is 4.58.